The first-order chi connectivity index (χ1) is 24.2. The number of benzene rings is 3. The molecule has 3 rings (SSSR count). The van der Waals surface area contributed by atoms with Crippen molar-refractivity contribution in [1.29, 1.82) is 0 Å². The molecular weight excluding hydrogens is 608 g/mol. The van der Waals surface area contributed by atoms with E-state index in [0.29, 0.717) is 0 Å². The van der Waals surface area contributed by atoms with Gasteiger partial charge in [0, 0.05) is 0 Å². The predicted molar refractivity (Wildman–Crippen MR) is 224 cm³/mol. The maximum absolute atomic E-state index is 2.45. The third-order valence-electron chi connectivity index (χ3n) is 10.5. The Kier molecular flexibility index (Phi) is 23.5. The summed E-state index contributed by atoms with van der Waals surface area (Å²) < 4.78 is 0. The van der Waals surface area contributed by atoms with E-state index in [2.05, 4.69) is 93.6 Å². The van der Waals surface area contributed by atoms with Gasteiger partial charge in [-0.25, -0.2) is 0 Å². The molecule has 0 saturated heterocycles. The Bertz CT molecular complexity index is 1010. The number of aryl methyl sites for hydroxylation is 3. The molecule has 0 unspecified atom stereocenters. The highest BCUT2D eigenvalue weighted by Gasteiger charge is 2.17. The van der Waals surface area contributed by atoms with Gasteiger partial charge in [0.05, 0.1) is 0 Å². The van der Waals surface area contributed by atoms with Crippen LogP contribution in [0.4, 0.5) is 0 Å². The summed E-state index contributed by atoms with van der Waals surface area (Å²) in [5.74, 6) is 0. The molecular formula is C48H75P. The fraction of sp³-hybridized carbons (Fsp3) is 0.625. The van der Waals surface area contributed by atoms with Crippen molar-refractivity contribution in [3.05, 3.63) is 89.5 Å². The van der Waals surface area contributed by atoms with E-state index in [1.54, 1.807) is 0 Å². The minimum Gasteiger partial charge on any atom is -0.0654 e. The molecule has 1 heteroatoms. The molecule has 0 bridgehead atoms. The number of hydrogen-bond donors (Lipinski definition) is 0. The highest BCUT2D eigenvalue weighted by molar-refractivity contribution is 7.79. The second kappa shape index (κ2) is 27.8. The fourth-order valence-electron chi connectivity index (χ4n) is 7.27. The van der Waals surface area contributed by atoms with Crippen LogP contribution in [-0.2, 0) is 19.3 Å². The van der Waals surface area contributed by atoms with Gasteiger partial charge in [-0.2, -0.15) is 0 Å². The van der Waals surface area contributed by atoms with Crippen LogP contribution < -0.4 is 15.9 Å². The van der Waals surface area contributed by atoms with E-state index < -0.39 is 7.92 Å². The summed E-state index contributed by atoms with van der Waals surface area (Å²) in [6.45, 7) is 6.91. The largest absolute Gasteiger partial charge is 0.0654 e. The van der Waals surface area contributed by atoms with Crippen LogP contribution in [-0.4, -0.2) is 0 Å². The molecule has 0 aliphatic heterocycles. The molecule has 0 amide bonds. The Hall–Kier alpha value is -1.91. The summed E-state index contributed by atoms with van der Waals surface area (Å²) in [6, 6.07) is 29.3. The Labute approximate surface area is 306 Å². The van der Waals surface area contributed by atoms with Gasteiger partial charge in [-0.15, -0.1) is 0 Å². The lowest BCUT2D eigenvalue weighted by atomic mass is 10.0. The summed E-state index contributed by atoms with van der Waals surface area (Å²) in [5.41, 5.74) is 4.52. The maximum atomic E-state index is 2.45. The monoisotopic (exact) mass is 683 g/mol. The highest BCUT2D eigenvalue weighted by Crippen LogP contribution is 2.33. The lowest BCUT2D eigenvalue weighted by Crippen LogP contribution is -2.21. The average Bonchev–Trinajstić information content (AvgIpc) is 3.13. The zero-order chi connectivity index (χ0) is 34.6. The van der Waals surface area contributed by atoms with Crippen molar-refractivity contribution in [2.24, 2.45) is 0 Å². The van der Waals surface area contributed by atoms with Gasteiger partial charge >= 0.3 is 0 Å². The van der Waals surface area contributed by atoms with Gasteiger partial charge in [0.25, 0.3) is 0 Å². The van der Waals surface area contributed by atoms with Gasteiger partial charge < -0.3 is 0 Å². The number of rotatable bonds is 30. The summed E-state index contributed by atoms with van der Waals surface area (Å²) in [5, 5.41) is 4.46. The standard InChI is InChI=1S/C48H75P/c1-4-7-10-13-16-19-22-25-28-43-31-37-46(38-32-43)49(47-39-33-44(34-40-47)29-26-23-20-17-14-11-8-5-2)48-41-35-45(36-42-48)30-27-24-21-18-15-12-9-6-3/h31-42H,4-30H2,1-3H3. The molecule has 0 atom stereocenters. The van der Waals surface area contributed by atoms with Crippen LogP contribution in [0.2, 0.25) is 0 Å². The second-order valence-electron chi connectivity index (χ2n) is 15.0. The van der Waals surface area contributed by atoms with Crippen LogP contribution >= 0.6 is 7.92 Å². The van der Waals surface area contributed by atoms with E-state index in [0.717, 1.165) is 0 Å². The summed E-state index contributed by atoms with van der Waals surface area (Å²) >= 11 is 0. The van der Waals surface area contributed by atoms with Gasteiger partial charge in [-0.3, -0.25) is 0 Å². The van der Waals surface area contributed by atoms with Crippen LogP contribution in [0.1, 0.15) is 192 Å². The first kappa shape index (κ1) is 41.5. The quantitative estimate of drug-likeness (QED) is 0.0485. The van der Waals surface area contributed by atoms with Crippen LogP contribution in [0.5, 0.6) is 0 Å². The van der Waals surface area contributed by atoms with E-state index in [1.165, 1.54) is 206 Å². The van der Waals surface area contributed by atoms with E-state index in [9.17, 15) is 0 Å². The Morgan fingerprint density at radius 1 is 0.265 bits per heavy atom. The van der Waals surface area contributed by atoms with Gasteiger partial charge in [0.2, 0.25) is 0 Å². The van der Waals surface area contributed by atoms with Crippen molar-refractivity contribution < 1.29 is 0 Å². The molecule has 0 aliphatic rings. The summed E-state index contributed by atoms with van der Waals surface area (Å²) in [4.78, 5) is 0. The maximum Gasteiger partial charge on any atom is -0.0134 e. The molecule has 3 aromatic carbocycles. The first-order valence-electron chi connectivity index (χ1n) is 21.3. The van der Waals surface area contributed by atoms with Crippen molar-refractivity contribution in [2.75, 3.05) is 0 Å². The fourth-order valence-corrected chi connectivity index (χ4v) is 9.51. The first-order valence-corrected chi connectivity index (χ1v) is 22.7. The van der Waals surface area contributed by atoms with E-state index in [1.807, 2.05) is 0 Å². The molecule has 0 aliphatic carbocycles. The zero-order valence-corrected chi connectivity index (χ0v) is 33.4. The molecule has 0 radical (unpaired) electrons. The normalized spacial score (nSPS) is 11.5. The average molecular weight is 683 g/mol. The minimum atomic E-state index is -0.562. The number of unbranched alkanes of at least 4 members (excludes halogenated alkanes) is 21. The molecule has 0 N–H and O–H groups in total. The molecule has 0 spiro atoms. The Morgan fingerprint density at radius 2 is 0.469 bits per heavy atom. The molecule has 3 aromatic rings. The lowest BCUT2D eigenvalue weighted by Gasteiger charge is -2.20. The molecule has 0 aromatic heterocycles. The van der Waals surface area contributed by atoms with Crippen LogP contribution in [0, 0.1) is 0 Å². The van der Waals surface area contributed by atoms with Crippen molar-refractivity contribution in [1.82, 2.24) is 0 Å². The summed E-state index contributed by atoms with van der Waals surface area (Å²) in [7, 11) is -0.562. The minimum absolute atomic E-state index is 0.562. The molecule has 0 saturated carbocycles. The topological polar surface area (TPSA) is 0 Å². The molecule has 272 valence electrons. The van der Waals surface area contributed by atoms with E-state index in [-0.39, 0.29) is 0 Å². The molecule has 0 heterocycles. The van der Waals surface area contributed by atoms with Crippen LogP contribution in [0.3, 0.4) is 0 Å². The van der Waals surface area contributed by atoms with Crippen LogP contribution in [0.15, 0.2) is 72.8 Å². The second-order valence-corrected chi connectivity index (χ2v) is 17.2. The van der Waals surface area contributed by atoms with Crippen LogP contribution in [0.25, 0.3) is 0 Å². The van der Waals surface area contributed by atoms with E-state index >= 15 is 0 Å². The van der Waals surface area contributed by atoms with Crippen molar-refractivity contribution in [3.63, 3.8) is 0 Å². The lowest BCUT2D eigenvalue weighted by molar-refractivity contribution is 0.575. The highest BCUT2D eigenvalue weighted by atomic mass is 31.1. The molecule has 49 heavy (non-hydrogen) atoms. The van der Waals surface area contributed by atoms with Crippen molar-refractivity contribution in [2.45, 2.75) is 194 Å². The van der Waals surface area contributed by atoms with E-state index in [4.69, 9.17) is 0 Å². The third-order valence-corrected chi connectivity index (χ3v) is 13.0. The molecule has 0 fully saturated rings. The Morgan fingerprint density at radius 3 is 0.694 bits per heavy atom. The third kappa shape index (κ3) is 18.2. The summed E-state index contributed by atoms with van der Waals surface area (Å²) in [6.07, 6.45) is 36.9. The predicted octanol–water partition coefficient (Wildman–Crippen LogP) is 14.5. The smallest absolute Gasteiger partial charge is 0.0134 e. The Balaban J connectivity index is 1.58. The van der Waals surface area contributed by atoms with Gasteiger partial charge in [0.1, 0.15) is 0 Å². The zero-order valence-electron chi connectivity index (χ0n) is 32.5. The molecule has 0 nitrogen and oxygen atoms in total. The van der Waals surface area contributed by atoms with Crippen molar-refractivity contribution >= 4 is 23.8 Å². The van der Waals surface area contributed by atoms with Gasteiger partial charge in [0.15, 0.2) is 0 Å². The van der Waals surface area contributed by atoms with Gasteiger partial charge in [-0.1, -0.05) is 228 Å². The number of hydrogen-bond acceptors (Lipinski definition) is 0. The van der Waals surface area contributed by atoms with Crippen molar-refractivity contribution in [3.8, 4) is 0 Å². The van der Waals surface area contributed by atoms with Gasteiger partial charge in [-0.05, 0) is 79.1 Å². The SMILES string of the molecule is CCCCCCCCCCc1ccc(P(c2ccc(CCCCCCCCCC)cc2)c2ccc(CCCCCCCCCC)cc2)cc1.